The van der Waals surface area contributed by atoms with E-state index < -0.39 is 11.9 Å². The van der Waals surface area contributed by atoms with Crippen molar-refractivity contribution in [3.8, 4) is 11.4 Å². The minimum Gasteiger partial charge on any atom is -0.481 e. The first-order valence-corrected chi connectivity index (χ1v) is 6.58. The Kier molecular flexibility index (Phi) is 3.10. The summed E-state index contributed by atoms with van der Waals surface area (Å²) in [6.07, 6.45) is 1.84. The Hall–Kier alpha value is -2.43. The highest BCUT2D eigenvalue weighted by molar-refractivity contribution is 5.76. The van der Waals surface area contributed by atoms with Gasteiger partial charge in [-0.25, -0.2) is 4.98 Å². The van der Waals surface area contributed by atoms with Crippen molar-refractivity contribution in [1.29, 1.82) is 0 Å². The number of fused-ring (bicyclic) bond motifs is 1. The topological polar surface area (TPSA) is 83.0 Å². The molecule has 0 radical (unpaired) electrons. The Labute approximate surface area is 115 Å². The second kappa shape index (κ2) is 4.92. The Balaban J connectivity index is 2.17. The molecule has 0 aliphatic heterocycles. The zero-order valence-corrected chi connectivity index (χ0v) is 10.8. The van der Waals surface area contributed by atoms with Gasteiger partial charge in [0.2, 0.25) is 0 Å². The Morgan fingerprint density at radius 3 is 2.75 bits per heavy atom. The first-order chi connectivity index (χ1) is 9.66. The van der Waals surface area contributed by atoms with Gasteiger partial charge >= 0.3 is 5.97 Å². The van der Waals surface area contributed by atoms with Crippen LogP contribution in [-0.4, -0.2) is 21.0 Å². The third kappa shape index (κ3) is 2.11. The Bertz CT molecular complexity index is 707. The zero-order valence-electron chi connectivity index (χ0n) is 10.8. The fourth-order valence-corrected chi connectivity index (χ4v) is 2.64. The highest BCUT2D eigenvalue weighted by Gasteiger charge is 2.30. The Morgan fingerprint density at radius 2 is 2.05 bits per heavy atom. The van der Waals surface area contributed by atoms with E-state index in [2.05, 4.69) is 9.97 Å². The van der Waals surface area contributed by atoms with Crippen molar-refractivity contribution in [3.05, 3.63) is 51.9 Å². The third-order valence-corrected chi connectivity index (χ3v) is 3.64. The summed E-state index contributed by atoms with van der Waals surface area (Å²) in [6.45, 7) is 0. The lowest BCUT2D eigenvalue weighted by molar-refractivity contribution is -0.139. The number of carbonyl (C=O) groups is 1. The van der Waals surface area contributed by atoms with Crippen LogP contribution in [0, 0.1) is 0 Å². The molecule has 1 aromatic carbocycles. The molecule has 1 aromatic heterocycles. The van der Waals surface area contributed by atoms with Gasteiger partial charge in [-0.15, -0.1) is 0 Å². The van der Waals surface area contributed by atoms with Crippen LogP contribution in [0.25, 0.3) is 11.4 Å². The van der Waals surface area contributed by atoms with Crippen LogP contribution in [0.5, 0.6) is 0 Å². The Morgan fingerprint density at radius 1 is 1.30 bits per heavy atom. The molecule has 1 atom stereocenters. The van der Waals surface area contributed by atoms with Crippen molar-refractivity contribution >= 4 is 5.97 Å². The van der Waals surface area contributed by atoms with E-state index in [1.165, 1.54) is 0 Å². The van der Waals surface area contributed by atoms with Crippen LogP contribution in [0.2, 0.25) is 0 Å². The molecular weight excluding hydrogens is 256 g/mol. The fraction of sp³-hybridized carbons (Fsp3) is 0.267. The normalized spacial score (nSPS) is 17.5. The van der Waals surface area contributed by atoms with Crippen LogP contribution in [0.3, 0.4) is 0 Å². The number of aromatic nitrogens is 2. The standard InChI is InChI=1S/C15H14N2O3/c18-14-10-7-4-8-11(15(19)20)12(10)16-13(17-14)9-5-2-1-3-6-9/h1-3,5-6,11H,4,7-8H2,(H,19,20)(H,16,17,18). The number of nitrogens with one attached hydrogen (secondary N) is 1. The van der Waals surface area contributed by atoms with Crippen molar-refractivity contribution in [2.24, 2.45) is 0 Å². The van der Waals surface area contributed by atoms with E-state index in [0.29, 0.717) is 36.3 Å². The molecule has 5 nitrogen and oxygen atoms in total. The van der Waals surface area contributed by atoms with Crippen molar-refractivity contribution in [2.45, 2.75) is 25.2 Å². The first kappa shape index (κ1) is 12.6. The van der Waals surface area contributed by atoms with Gasteiger partial charge in [-0.2, -0.15) is 0 Å². The molecule has 0 fully saturated rings. The molecule has 0 spiro atoms. The average Bonchev–Trinajstić information content (AvgIpc) is 2.47. The molecule has 2 N–H and O–H groups in total. The molecule has 102 valence electrons. The van der Waals surface area contributed by atoms with E-state index in [9.17, 15) is 14.7 Å². The quantitative estimate of drug-likeness (QED) is 0.873. The summed E-state index contributed by atoms with van der Waals surface area (Å²) in [5.74, 6) is -1.16. The molecule has 1 aliphatic carbocycles. The van der Waals surface area contributed by atoms with E-state index in [0.717, 1.165) is 5.56 Å². The summed E-state index contributed by atoms with van der Waals surface area (Å²) in [5, 5.41) is 9.29. The lowest BCUT2D eigenvalue weighted by atomic mass is 9.87. The highest BCUT2D eigenvalue weighted by atomic mass is 16.4. The molecular formula is C15H14N2O3. The maximum absolute atomic E-state index is 12.1. The minimum absolute atomic E-state index is 0.222. The maximum atomic E-state index is 12.1. The molecule has 3 rings (SSSR count). The van der Waals surface area contributed by atoms with Gasteiger partial charge < -0.3 is 10.1 Å². The summed E-state index contributed by atoms with van der Waals surface area (Å²) in [5.41, 5.74) is 1.50. The number of hydrogen-bond acceptors (Lipinski definition) is 3. The lowest BCUT2D eigenvalue weighted by Gasteiger charge is -2.20. The van der Waals surface area contributed by atoms with E-state index in [4.69, 9.17) is 0 Å². The summed E-state index contributed by atoms with van der Waals surface area (Å²) < 4.78 is 0. The number of aromatic amines is 1. The first-order valence-electron chi connectivity index (χ1n) is 6.58. The van der Waals surface area contributed by atoms with Gasteiger partial charge in [0, 0.05) is 11.1 Å². The molecule has 20 heavy (non-hydrogen) atoms. The highest BCUT2D eigenvalue weighted by Crippen LogP contribution is 2.29. The number of carboxylic acid groups (broad SMARTS) is 1. The number of aliphatic carboxylic acids is 1. The zero-order chi connectivity index (χ0) is 14.1. The lowest BCUT2D eigenvalue weighted by Crippen LogP contribution is -2.27. The van der Waals surface area contributed by atoms with Crippen molar-refractivity contribution in [3.63, 3.8) is 0 Å². The summed E-state index contributed by atoms with van der Waals surface area (Å²) >= 11 is 0. The number of carboxylic acids is 1. The number of rotatable bonds is 2. The predicted octanol–water partition coefficient (Wildman–Crippen LogP) is 1.94. The monoisotopic (exact) mass is 270 g/mol. The van der Waals surface area contributed by atoms with Crippen LogP contribution in [0.4, 0.5) is 0 Å². The van der Waals surface area contributed by atoms with Crippen LogP contribution in [0.1, 0.15) is 30.0 Å². The van der Waals surface area contributed by atoms with Crippen LogP contribution in [-0.2, 0) is 11.2 Å². The predicted molar refractivity (Wildman–Crippen MR) is 73.6 cm³/mol. The average molecular weight is 270 g/mol. The molecule has 0 saturated carbocycles. The molecule has 2 aromatic rings. The van der Waals surface area contributed by atoms with Crippen molar-refractivity contribution in [1.82, 2.24) is 9.97 Å². The fourth-order valence-electron chi connectivity index (χ4n) is 2.64. The SMILES string of the molecule is O=C(O)C1CCCc2c1nc(-c1ccccc1)[nH]c2=O. The van der Waals surface area contributed by atoms with E-state index >= 15 is 0 Å². The smallest absolute Gasteiger partial charge is 0.312 e. The second-order valence-corrected chi connectivity index (χ2v) is 4.93. The van der Waals surface area contributed by atoms with Crippen molar-refractivity contribution in [2.75, 3.05) is 0 Å². The largest absolute Gasteiger partial charge is 0.481 e. The van der Waals surface area contributed by atoms with Crippen LogP contribution in [0.15, 0.2) is 35.1 Å². The number of benzene rings is 1. The molecule has 0 bridgehead atoms. The molecule has 5 heteroatoms. The van der Waals surface area contributed by atoms with E-state index in [-0.39, 0.29) is 5.56 Å². The van der Waals surface area contributed by atoms with Gasteiger partial charge in [-0.05, 0) is 19.3 Å². The van der Waals surface area contributed by atoms with Crippen molar-refractivity contribution < 1.29 is 9.90 Å². The molecule has 1 heterocycles. The summed E-state index contributed by atoms with van der Waals surface area (Å²) in [7, 11) is 0. The second-order valence-electron chi connectivity index (χ2n) is 4.93. The van der Waals surface area contributed by atoms with E-state index in [1.807, 2.05) is 30.3 Å². The van der Waals surface area contributed by atoms with Gasteiger partial charge in [0.05, 0.1) is 11.6 Å². The molecule has 1 aliphatic rings. The van der Waals surface area contributed by atoms with Gasteiger partial charge in [-0.1, -0.05) is 30.3 Å². The van der Waals surface area contributed by atoms with Crippen LogP contribution < -0.4 is 5.56 Å². The van der Waals surface area contributed by atoms with Gasteiger partial charge in [0.25, 0.3) is 5.56 Å². The number of nitrogens with zero attached hydrogens (tertiary/aromatic N) is 1. The molecule has 0 saturated heterocycles. The summed E-state index contributed by atoms with van der Waals surface area (Å²) in [6, 6.07) is 9.25. The third-order valence-electron chi connectivity index (χ3n) is 3.64. The van der Waals surface area contributed by atoms with Crippen LogP contribution >= 0.6 is 0 Å². The van der Waals surface area contributed by atoms with E-state index in [1.54, 1.807) is 0 Å². The van der Waals surface area contributed by atoms with Gasteiger partial charge in [0.1, 0.15) is 5.82 Å². The molecule has 1 unspecified atom stereocenters. The van der Waals surface area contributed by atoms with Gasteiger partial charge in [0.15, 0.2) is 0 Å². The minimum atomic E-state index is -0.914. The number of hydrogen-bond donors (Lipinski definition) is 2. The molecule has 0 amide bonds. The number of H-pyrrole nitrogens is 1. The van der Waals surface area contributed by atoms with Gasteiger partial charge in [-0.3, -0.25) is 9.59 Å². The summed E-state index contributed by atoms with van der Waals surface area (Å²) in [4.78, 5) is 30.6. The maximum Gasteiger partial charge on any atom is 0.312 e.